The Balaban J connectivity index is 1.88. The van der Waals surface area contributed by atoms with Crippen molar-refractivity contribution in [3.05, 3.63) is 65.2 Å². The summed E-state index contributed by atoms with van der Waals surface area (Å²) in [4.78, 5) is 23.8. The van der Waals surface area contributed by atoms with E-state index in [1.165, 1.54) is 11.1 Å². The Morgan fingerprint density at radius 3 is 2.43 bits per heavy atom. The number of para-hydroxylation sites is 1. The molecule has 2 aromatic carbocycles. The molecule has 0 aliphatic heterocycles. The van der Waals surface area contributed by atoms with Crippen molar-refractivity contribution in [2.24, 2.45) is 0 Å². The third-order valence-corrected chi connectivity index (χ3v) is 4.30. The first-order valence-corrected chi connectivity index (χ1v) is 8.50. The summed E-state index contributed by atoms with van der Waals surface area (Å²) in [5.74, 6) is 0.799. The minimum atomic E-state index is -0.215. The van der Waals surface area contributed by atoms with Crippen LogP contribution in [0.15, 0.2) is 48.5 Å². The molecule has 2 aromatic rings. The minimum absolute atomic E-state index is 0.113. The maximum absolute atomic E-state index is 12.1. The molecule has 2 N–H and O–H groups in total. The van der Waals surface area contributed by atoms with E-state index in [1.54, 1.807) is 43.1 Å². The standard InChI is InChI=1S/C18H20N2O2S/c1-13-7-9-14(10-8-13)11-23-12-17(21)20-16-6-4-3-5-15(16)18(22)19-2/h3-10H,11-12H2,1-2H3,(H,19,22)(H,20,21). The van der Waals surface area contributed by atoms with Crippen molar-refractivity contribution < 1.29 is 9.59 Å². The topological polar surface area (TPSA) is 58.2 Å². The molecule has 2 rings (SSSR count). The summed E-state index contributed by atoms with van der Waals surface area (Å²) in [6, 6.07) is 15.3. The van der Waals surface area contributed by atoms with E-state index in [0.717, 1.165) is 5.75 Å². The van der Waals surface area contributed by atoms with Crippen LogP contribution in [-0.2, 0) is 10.5 Å². The smallest absolute Gasteiger partial charge is 0.253 e. The quantitative estimate of drug-likeness (QED) is 0.856. The predicted molar refractivity (Wildman–Crippen MR) is 95.8 cm³/mol. The van der Waals surface area contributed by atoms with Gasteiger partial charge in [-0.1, -0.05) is 42.0 Å². The monoisotopic (exact) mass is 328 g/mol. The minimum Gasteiger partial charge on any atom is -0.355 e. The van der Waals surface area contributed by atoms with Gasteiger partial charge in [-0.15, -0.1) is 11.8 Å². The number of hydrogen-bond donors (Lipinski definition) is 2. The fourth-order valence-corrected chi connectivity index (χ4v) is 2.84. The molecule has 4 nitrogen and oxygen atoms in total. The molecular formula is C18H20N2O2S. The van der Waals surface area contributed by atoms with Crippen molar-refractivity contribution in [2.45, 2.75) is 12.7 Å². The highest BCUT2D eigenvalue weighted by molar-refractivity contribution is 7.99. The van der Waals surface area contributed by atoms with E-state index in [2.05, 4.69) is 34.9 Å². The van der Waals surface area contributed by atoms with Gasteiger partial charge >= 0.3 is 0 Å². The van der Waals surface area contributed by atoms with E-state index >= 15 is 0 Å². The maximum atomic E-state index is 12.1. The molecule has 0 aliphatic rings. The van der Waals surface area contributed by atoms with Gasteiger partial charge in [0.1, 0.15) is 0 Å². The van der Waals surface area contributed by atoms with Gasteiger partial charge in [0.2, 0.25) is 5.91 Å². The van der Waals surface area contributed by atoms with E-state index in [4.69, 9.17) is 0 Å². The van der Waals surface area contributed by atoms with Gasteiger partial charge in [0.05, 0.1) is 17.0 Å². The predicted octanol–water partition coefficient (Wildman–Crippen LogP) is 3.23. The first-order valence-electron chi connectivity index (χ1n) is 7.34. The zero-order chi connectivity index (χ0) is 16.7. The lowest BCUT2D eigenvalue weighted by molar-refractivity contribution is -0.113. The SMILES string of the molecule is CNC(=O)c1ccccc1NC(=O)CSCc1ccc(C)cc1. The van der Waals surface area contributed by atoms with Gasteiger partial charge in [-0.05, 0) is 24.6 Å². The van der Waals surface area contributed by atoms with Gasteiger partial charge in [-0.25, -0.2) is 0 Å². The van der Waals surface area contributed by atoms with Gasteiger partial charge in [-0.3, -0.25) is 9.59 Å². The van der Waals surface area contributed by atoms with Crippen LogP contribution < -0.4 is 10.6 Å². The molecule has 5 heteroatoms. The van der Waals surface area contributed by atoms with Gasteiger partial charge in [0.25, 0.3) is 5.91 Å². The van der Waals surface area contributed by atoms with Gasteiger partial charge < -0.3 is 10.6 Å². The molecule has 0 atom stereocenters. The van der Waals surface area contributed by atoms with Crippen LogP contribution in [0.4, 0.5) is 5.69 Å². The molecule has 0 saturated carbocycles. The van der Waals surface area contributed by atoms with Gasteiger partial charge in [0, 0.05) is 12.8 Å². The molecule has 0 saturated heterocycles. The Hall–Kier alpha value is -2.27. The number of anilines is 1. The molecule has 23 heavy (non-hydrogen) atoms. The van der Waals surface area contributed by atoms with Crippen LogP contribution in [0.2, 0.25) is 0 Å². The Morgan fingerprint density at radius 1 is 1.04 bits per heavy atom. The van der Waals surface area contributed by atoms with Crippen molar-refractivity contribution in [3.63, 3.8) is 0 Å². The van der Waals surface area contributed by atoms with Crippen LogP contribution in [0, 0.1) is 6.92 Å². The average molecular weight is 328 g/mol. The van der Waals surface area contributed by atoms with Crippen molar-refractivity contribution in [1.82, 2.24) is 5.32 Å². The second-order valence-electron chi connectivity index (χ2n) is 5.15. The number of aryl methyl sites for hydroxylation is 1. The molecule has 0 aliphatic carbocycles. The second kappa shape index (κ2) is 8.39. The highest BCUT2D eigenvalue weighted by Gasteiger charge is 2.11. The first kappa shape index (κ1) is 17.1. The van der Waals surface area contributed by atoms with Crippen LogP contribution in [0.3, 0.4) is 0 Å². The van der Waals surface area contributed by atoms with E-state index < -0.39 is 0 Å². The average Bonchev–Trinajstić information content (AvgIpc) is 2.56. The Kier molecular flexibility index (Phi) is 6.23. The second-order valence-corrected chi connectivity index (χ2v) is 6.14. The fraction of sp³-hybridized carbons (Fsp3) is 0.222. The lowest BCUT2D eigenvalue weighted by Gasteiger charge is -2.10. The molecule has 0 bridgehead atoms. The van der Waals surface area contributed by atoms with Gasteiger partial charge in [0.15, 0.2) is 0 Å². The highest BCUT2D eigenvalue weighted by atomic mass is 32.2. The Bertz CT molecular complexity index is 684. The number of carbonyl (C=O) groups excluding carboxylic acids is 2. The number of benzene rings is 2. The zero-order valence-electron chi connectivity index (χ0n) is 13.3. The molecule has 0 aromatic heterocycles. The zero-order valence-corrected chi connectivity index (χ0v) is 14.1. The normalized spacial score (nSPS) is 10.2. The summed E-state index contributed by atoms with van der Waals surface area (Å²) in [7, 11) is 1.57. The Morgan fingerprint density at radius 2 is 1.74 bits per heavy atom. The summed E-state index contributed by atoms with van der Waals surface area (Å²) < 4.78 is 0. The van der Waals surface area contributed by atoms with Gasteiger partial charge in [-0.2, -0.15) is 0 Å². The van der Waals surface area contributed by atoms with Crippen molar-refractivity contribution >= 4 is 29.3 Å². The highest BCUT2D eigenvalue weighted by Crippen LogP contribution is 2.17. The third-order valence-electron chi connectivity index (χ3n) is 3.30. The van der Waals surface area contributed by atoms with Crippen molar-refractivity contribution in [1.29, 1.82) is 0 Å². The molecule has 0 spiro atoms. The Labute approximate surface area is 140 Å². The summed E-state index contributed by atoms with van der Waals surface area (Å²) in [6.07, 6.45) is 0. The summed E-state index contributed by atoms with van der Waals surface area (Å²) in [5.41, 5.74) is 3.42. The molecule has 0 radical (unpaired) electrons. The lowest BCUT2D eigenvalue weighted by Crippen LogP contribution is -2.22. The number of carbonyl (C=O) groups is 2. The number of thioether (sulfide) groups is 1. The third kappa shape index (κ3) is 5.14. The molecule has 0 unspecified atom stereocenters. The lowest BCUT2D eigenvalue weighted by atomic mass is 10.1. The molecule has 2 amide bonds. The largest absolute Gasteiger partial charge is 0.355 e. The van der Waals surface area contributed by atoms with E-state index in [9.17, 15) is 9.59 Å². The summed E-state index contributed by atoms with van der Waals surface area (Å²) >= 11 is 1.55. The number of hydrogen-bond acceptors (Lipinski definition) is 3. The fourth-order valence-electron chi connectivity index (χ4n) is 2.06. The van der Waals surface area contributed by atoms with Crippen LogP contribution in [0.1, 0.15) is 21.5 Å². The molecule has 0 heterocycles. The number of nitrogens with one attached hydrogen (secondary N) is 2. The van der Waals surface area contributed by atoms with E-state index in [1.807, 2.05) is 6.92 Å². The van der Waals surface area contributed by atoms with Crippen LogP contribution in [0.5, 0.6) is 0 Å². The number of rotatable bonds is 6. The number of amides is 2. The van der Waals surface area contributed by atoms with Crippen molar-refractivity contribution in [3.8, 4) is 0 Å². The summed E-state index contributed by atoms with van der Waals surface area (Å²) in [6.45, 7) is 2.05. The van der Waals surface area contributed by atoms with E-state index in [0.29, 0.717) is 17.0 Å². The maximum Gasteiger partial charge on any atom is 0.253 e. The van der Waals surface area contributed by atoms with Crippen LogP contribution in [0.25, 0.3) is 0 Å². The molecule has 120 valence electrons. The van der Waals surface area contributed by atoms with E-state index in [-0.39, 0.29) is 11.8 Å². The van der Waals surface area contributed by atoms with Crippen LogP contribution >= 0.6 is 11.8 Å². The summed E-state index contributed by atoms with van der Waals surface area (Å²) in [5, 5.41) is 5.37. The molecule has 0 fully saturated rings. The molecular weight excluding hydrogens is 308 g/mol. The first-order chi connectivity index (χ1) is 11.1. The van der Waals surface area contributed by atoms with Crippen LogP contribution in [-0.4, -0.2) is 24.6 Å². The van der Waals surface area contributed by atoms with Crippen molar-refractivity contribution in [2.75, 3.05) is 18.1 Å².